The molecule has 0 aromatic heterocycles. The van der Waals surface area contributed by atoms with E-state index in [0.29, 0.717) is 31.5 Å². The van der Waals surface area contributed by atoms with E-state index >= 15 is 0 Å². The van der Waals surface area contributed by atoms with Gasteiger partial charge in [0, 0.05) is 45.7 Å². The third-order valence-electron chi connectivity index (χ3n) is 4.19. The molecule has 26 heavy (non-hydrogen) atoms. The monoisotopic (exact) mass is 484 g/mol. The summed E-state index contributed by atoms with van der Waals surface area (Å²) in [6.45, 7) is 11.9. The summed E-state index contributed by atoms with van der Waals surface area (Å²) < 4.78 is 10.4. The number of morpholine rings is 1. The summed E-state index contributed by atoms with van der Waals surface area (Å²) in [6.07, 6.45) is 2.31. The SMILES string of the molecule is CCOC(=O)CCCNC(=NC)NCC(CC(C)C)N1CCOCC1.I. The Bertz CT molecular complexity index is 402. The lowest BCUT2D eigenvalue weighted by Gasteiger charge is -2.35. The summed E-state index contributed by atoms with van der Waals surface area (Å²) in [6, 6.07) is 0.474. The van der Waals surface area contributed by atoms with Crippen LogP contribution >= 0.6 is 24.0 Å². The maximum Gasteiger partial charge on any atom is 0.305 e. The Labute approximate surface area is 175 Å². The van der Waals surface area contributed by atoms with Crippen molar-refractivity contribution in [2.75, 3.05) is 53.0 Å². The number of esters is 1. The Hall–Kier alpha value is -0.610. The average molecular weight is 484 g/mol. The molecule has 7 nitrogen and oxygen atoms in total. The first-order valence-electron chi connectivity index (χ1n) is 9.48. The van der Waals surface area contributed by atoms with E-state index < -0.39 is 0 Å². The fourth-order valence-electron chi connectivity index (χ4n) is 2.96. The molecule has 0 radical (unpaired) electrons. The summed E-state index contributed by atoms with van der Waals surface area (Å²) >= 11 is 0. The summed E-state index contributed by atoms with van der Waals surface area (Å²) in [5, 5.41) is 6.69. The summed E-state index contributed by atoms with van der Waals surface area (Å²) in [7, 11) is 1.77. The minimum absolute atomic E-state index is 0. The van der Waals surface area contributed by atoms with Crippen LogP contribution in [-0.4, -0.2) is 75.9 Å². The van der Waals surface area contributed by atoms with Crippen molar-refractivity contribution in [1.29, 1.82) is 0 Å². The molecule has 0 spiro atoms. The van der Waals surface area contributed by atoms with Crippen LogP contribution in [0.25, 0.3) is 0 Å². The van der Waals surface area contributed by atoms with Crippen molar-refractivity contribution in [2.24, 2.45) is 10.9 Å². The number of hydrogen-bond acceptors (Lipinski definition) is 5. The lowest BCUT2D eigenvalue weighted by atomic mass is 10.0. The van der Waals surface area contributed by atoms with Crippen LogP contribution in [0.1, 0.15) is 40.0 Å². The van der Waals surface area contributed by atoms with Gasteiger partial charge in [-0.25, -0.2) is 0 Å². The van der Waals surface area contributed by atoms with Gasteiger partial charge in [0.25, 0.3) is 0 Å². The highest BCUT2D eigenvalue weighted by Crippen LogP contribution is 2.12. The third kappa shape index (κ3) is 11.2. The summed E-state index contributed by atoms with van der Waals surface area (Å²) in [5.41, 5.74) is 0. The first-order chi connectivity index (χ1) is 12.1. The molecule has 0 bridgehead atoms. The Kier molecular flexibility index (Phi) is 15.1. The molecule has 1 rings (SSSR count). The fourth-order valence-corrected chi connectivity index (χ4v) is 2.96. The third-order valence-corrected chi connectivity index (χ3v) is 4.19. The van der Waals surface area contributed by atoms with Gasteiger partial charge < -0.3 is 20.1 Å². The quantitative estimate of drug-likeness (QED) is 0.162. The van der Waals surface area contributed by atoms with Crippen molar-refractivity contribution in [3.63, 3.8) is 0 Å². The van der Waals surface area contributed by atoms with Crippen LogP contribution in [-0.2, 0) is 14.3 Å². The number of aliphatic imine (C=N–C) groups is 1. The molecule has 8 heteroatoms. The maximum atomic E-state index is 11.3. The Morgan fingerprint density at radius 2 is 1.96 bits per heavy atom. The van der Waals surface area contributed by atoms with Crippen molar-refractivity contribution >= 4 is 35.9 Å². The fraction of sp³-hybridized carbons (Fsp3) is 0.889. The van der Waals surface area contributed by atoms with Gasteiger partial charge in [0.1, 0.15) is 0 Å². The molecule has 0 aromatic carbocycles. The van der Waals surface area contributed by atoms with Gasteiger partial charge in [-0.3, -0.25) is 14.7 Å². The van der Waals surface area contributed by atoms with Gasteiger partial charge in [0.15, 0.2) is 5.96 Å². The van der Waals surface area contributed by atoms with E-state index in [9.17, 15) is 4.79 Å². The zero-order valence-corrected chi connectivity index (χ0v) is 19.1. The summed E-state index contributed by atoms with van der Waals surface area (Å²) in [4.78, 5) is 18.1. The number of carbonyl (C=O) groups is 1. The van der Waals surface area contributed by atoms with E-state index in [1.165, 1.54) is 0 Å². The topological polar surface area (TPSA) is 75.2 Å². The summed E-state index contributed by atoms with van der Waals surface area (Å²) in [5.74, 6) is 1.29. The first kappa shape index (κ1) is 25.4. The normalized spacial score (nSPS) is 16.7. The number of ether oxygens (including phenoxy) is 2. The predicted molar refractivity (Wildman–Crippen MR) is 116 cm³/mol. The second-order valence-corrected chi connectivity index (χ2v) is 6.72. The predicted octanol–water partition coefficient (Wildman–Crippen LogP) is 1.86. The van der Waals surface area contributed by atoms with Gasteiger partial charge in [-0.05, 0) is 25.7 Å². The molecule has 1 atom stereocenters. The van der Waals surface area contributed by atoms with E-state index in [1.807, 2.05) is 6.92 Å². The molecule has 0 aliphatic carbocycles. The smallest absolute Gasteiger partial charge is 0.305 e. The molecule has 0 saturated carbocycles. The molecule has 2 N–H and O–H groups in total. The van der Waals surface area contributed by atoms with Crippen LogP contribution in [0.2, 0.25) is 0 Å². The molecule has 1 saturated heterocycles. The van der Waals surface area contributed by atoms with Crippen LogP contribution in [0.15, 0.2) is 4.99 Å². The average Bonchev–Trinajstić information content (AvgIpc) is 2.60. The number of nitrogens with one attached hydrogen (secondary N) is 2. The number of hydrogen-bond donors (Lipinski definition) is 2. The zero-order valence-electron chi connectivity index (χ0n) is 16.8. The molecule has 1 unspecified atom stereocenters. The van der Waals surface area contributed by atoms with E-state index in [2.05, 4.69) is 34.4 Å². The lowest BCUT2D eigenvalue weighted by molar-refractivity contribution is -0.143. The van der Waals surface area contributed by atoms with Gasteiger partial charge in [0.05, 0.1) is 19.8 Å². The highest BCUT2D eigenvalue weighted by atomic mass is 127. The van der Waals surface area contributed by atoms with E-state index in [-0.39, 0.29) is 29.9 Å². The van der Waals surface area contributed by atoms with E-state index in [4.69, 9.17) is 9.47 Å². The molecule has 1 fully saturated rings. The molecule has 154 valence electrons. The van der Waals surface area contributed by atoms with Crippen molar-refractivity contribution in [3.05, 3.63) is 0 Å². The largest absolute Gasteiger partial charge is 0.466 e. The molecule has 1 heterocycles. The van der Waals surface area contributed by atoms with Gasteiger partial charge >= 0.3 is 5.97 Å². The lowest BCUT2D eigenvalue weighted by Crippen LogP contribution is -2.51. The van der Waals surface area contributed by atoms with Gasteiger partial charge in [-0.15, -0.1) is 24.0 Å². The van der Waals surface area contributed by atoms with Gasteiger partial charge in [0.2, 0.25) is 0 Å². The molecule has 1 aliphatic heterocycles. The Morgan fingerprint density at radius 1 is 1.27 bits per heavy atom. The first-order valence-corrected chi connectivity index (χ1v) is 9.48. The van der Waals surface area contributed by atoms with Crippen molar-refractivity contribution in [2.45, 2.75) is 46.1 Å². The Balaban J connectivity index is 0.00000625. The van der Waals surface area contributed by atoms with Crippen LogP contribution in [0.4, 0.5) is 0 Å². The van der Waals surface area contributed by atoms with E-state index in [1.54, 1.807) is 7.05 Å². The number of halogens is 1. The van der Waals surface area contributed by atoms with Crippen molar-refractivity contribution in [3.8, 4) is 0 Å². The number of carbonyl (C=O) groups excluding carboxylic acids is 1. The van der Waals surface area contributed by atoms with Crippen molar-refractivity contribution in [1.82, 2.24) is 15.5 Å². The number of rotatable bonds is 10. The molecule has 1 aliphatic rings. The Morgan fingerprint density at radius 3 is 2.54 bits per heavy atom. The van der Waals surface area contributed by atoms with Crippen LogP contribution in [0, 0.1) is 5.92 Å². The second kappa shape index (κ2) is 15.4. The molecule has 0 amide bonds. The number of nitrogens with zero attached hydrogens (tertiary/aromatic N) is 2. The van der Waals surface area contributed by atoms with Crippen LogP contribution in [0.3, 0.4) is 0 Å². The molecule has 0 aromatic rings. The zero-order chi connectivity index (χ0) is 18.5. The standard InChI is InChI=1S/C18H36N4O3.HI/c1-5-25-17(23)7-6-8-20-18(19-4)21-14-16(13-15(2)3)22-9-11-24-12-10-22;/h15-16H,5-14H2,1-4H3,(H2,19,20,21);1H. The van der Waals surface area contributed by atoms with Crippen LogP contribution < -0.4 is 10.6 Å². The highest BCUT2D eigenvalue weighted by Gasteiger charge is 2.22. The van der Waals surface area contributed by atoms with E-state index in [0.717, 1.165) is 51.6 Å². The van der Waals surface area contributed by atoms with Gasteiger partial charge in [-0.1, -0.05) is 13.8 Å². The maximum absolute atomic E-state index is 11.3. The molecular weight excluding hydrogens is 447 g/mol. The minimum Gasteiger partial charge on any atom is -0.466 e. The van der Waals surface area contributed by atoms with Crippen molar-refractivity contribution < 1.29 is 14.3 Å². The highest BCUT2D eigenvalue weighted by molar-refractivity contribution is 14.0. The minimum atomic E-state index is -0.142. The molecular formula is C18H37IN4O3. The number of guanidine groups is 1. The second-order valence-electron chi connectivity index (χ2n) is 6.72. The van der Waals surface area contributed by atoms with Gasteiger partial charge in [-0.2, -0.15) is 0 Å². The van der Waals surface area contributed by atoms with Crippen LogP contribution in [0.5, 0.6) is 0 Å².